The molecule has 0 atom stereocenters. The number of nitrogens with zero attached hydrogens (tertiary/aromatic N) is 3. The second-order valence-corrected chi connectivity index (χ2v) is 9.59. The number of carboxylic acid groups (broad SMARTS) is 1. The maximum Gasteiger partial charge on any atom is 0.307 e. The van der Waals surface area contributed by atoms with E-state index in [-0.39, 0.29) is 23.3 Å². The molecule has 10 heteroatoms. The first kappa shape index (κ1) is 22.8. The Morgan fingerprint density at radius 3 is 2.44 bits per heavy atom. The molecule has 0 saturated heterocycles. The van der Waals surface area contributed by atoms with Gasteiger partial charge in [0.05, 0.1) is 16.9 Å². The van der Waals surface area contributed by atoms with Crippen molar-refractivity contribution in [3.05, 3.63) is 94.6 Å². The molecule has 0 bridgehead atoms. The van der Waals surface area contributed by atoms with Crippen LogP contribution in [0.2, 0.25) is 0 Å². The Hall–Kier alpha value is -4.36. The number of fused-ring (bicyclic) bond motifs is 1. The number of aromatic nitrogens is 2. The van der Waals surface area contributed by atoms with E-state index < -0.39 is 21.9 Å². The highest BCUT2D eigenvalue weighted by Crippen LogP contribution is 2.28. The molecule has 0 aliphatic carbocycles. The van der Waals surface area contributed by atoms with E-state index in [9.17, 15) is 28.4 Å². The first-order chi connectivity index (χ1) is 16.1. The zero-order valence-electron chi connectivity index (χ0n) is 18.1. The molecule has 0 unspecified atom stereocenters. The van der Waals surface area contributed by atoms with Gasteiger partial charge >= 0.3 is 5.97 Å². The second kappa shape index (κ2) is 8.53. The molecule has 0 fully saturated rings. The highest BCUT2D eigenvalue weighted by molar-refractivity contribution is 7.90. The lowest BCUT2D eigenvalue weighted by Crippen LogP contribution is -2.16. The smallest absolute Gasteiger partial charge is 0.307 e. The van der Waals surface area contributed by atoms with E-state index in [2.05, 4.69) is 6.07 Å². The number of hydrogen-bond acceptors (Lipinski definition) is 5. The van der Waals surface area contributed by atoms with Crippen LogP contribution in [0.25, 0.3) is 5.52 Å². The zero-order chi connectivity index (χ0) is 24.6. The van der Waals surface area contributed by atoms with Gasteiger partial charge in [-0.3, -0.25) is 9.59 Å². The molecule has 1 amide bonds. The predicted molar refractivity (Wildman–Crippen MR) is 123 cm³/mol. The van der Waals surface area contributed by atoms with Crippen LogP contribution in [0.5, 0.6) is 0 Å². The van der Waals surface area contributed by atoms with Crippen molar-refractivity contribution in [3.8, 4) is 6.07 Å². The van der Waals surface area contributed by atoms with Crippen molar-refractivity contribution in [1.82, 2.24) is 8.37 Å². The molecule has 4 aromatic rings. The molecule has 172 valence electrons. The SMILES string of the molecule is Cc1c(CC(=O)O)c2ccc(C#N)cn2c1Cc1cccn1S(=O)(=O)c1ccc(C(N)=O)cc1. The van der Waals surface area contributed by atoms with Gasteiger partial charge in [0.25, 0.3) is 10.0 Å². The predicted octanol–water partition coefficient (Wildman–Crippen LogP) is 2.47. The third kappa shape index (κ3) is 3.93. The number of benzene rings is 1. The maximum atomic E-state index is 13.3. The molecule has 0 radical (unpaired) electrons. The minimum absolute atomic E-state index is 0.00924. The van der Waals surface area contributed by atoms with E-state index in [4.69, 9.17) is 5.73 Å². The van der Waals surface area contributed by atoms with Gasteiger partial charge < -0.3 is 15.2 Å². The third-order valence-electron chi connectivity index (χ3n) is 5.73. The molecule has 9 nitrogen and oxygen atoms in total. The van der Waals surface area contributed by atoms with Crippen LogP contribution in [0.15, 0.2) is 65.8 Å². The minimum atomic E-state index is -3.97. The fourth-order valence-electron chi connectivity index (χ4n) is 4.02. The van der Waals surface area contributed by atoms with Crippen LogP contribution in [0, 0.1) is 18.3 Å². The van der Waals surface area contributed by atoms with Crippen LogP contribution in [0.3, 0.4) is 0 Å². The summed E-state index contributed by atoms with van der Waals surface area (Å²) in [6.07, 6.45) is 3.02. The molecule has 3 heterocycles. The average molecular weight is 477 g/mol. The number of aliphatic carboxylic acids is 1. The first-order valence-corrected chi connectivity index (χ1v) is 11.6. The lowest BCUT2D eigenvalue weighted by atomic mass is 10.1. The van der Waals surface area contributed by atoms with Crippen molar-refractivity contribution < 1.29 is 23.1 Å². The lowest BCUT2D eigenvalue weighted by molar-refractivity contribution is -0.136. The summed E-state index contributed by atoms with van der Waals surface area (Å²) in [6.45, 7) is 1.79. The molecular formula is C24H20N4O5S. The number of nitrogens with two attached hydrogens (primary N) is 1. The van der Waals surface area contributed by atoms with Crippen molar-refractivity contribution in [1.29, 1.82) is 5.26 Å². The average Bonchev–Trinajstić information content (AvgIpc) is 3.38. The highest BCUT2D eigenvalue weighted by atomic mass is 32.2. The van der Waals surface area contributed by atoms with Gasteiger partial charge in [-0.05, 0) is 66.6 Å². The van der Waals surface area contributed by atoms with Crippen molar-refractivity contribution in [2.75, 3.05) is 0 Å². The molecule has 4 rings (SSSR count). The number of pyridine rings is 1. The number of amides is 1. The minimum Gasteiger partial charge on any atom is -0.481 e. The van der Waals surface area contributed by atoms with Crippen LogP contribution < -0.4 is 5.73 Å². The standard InChI is InChI=1S/C24H20N4O5S/c1-15-20(12-23(29)30)21-9-4-16(13-25)14-27(21)22(15)11-18-3-2-10-28(18)34(32,33)19-7-5-17(6-8-19)24(26)31/h2-10,14H,11-12H2,1H3,(H2,26,31)(H,29,30). The number of carboxylic acids is 1. The van der Waals surface area contributed by atoms with Crippen LogP contribution in [0.4, 0.5) is 0 Å². The number of nitriles is 1. The number of carbonyl (C=O) groups excluding carboxylic acids is 1. The molecule has 0 aliphatic rings. The first-order valence-electron chi connectivity index (χ1n) is 10.2. The Labute approximate surface area is 195 Å². The Bertz CT molecular complexity index is 1590. The molecule has 3 N–H and O–H groups in total. The molecule has 0 aliphatic heterocycles. The van der Waals surface area contributed by atoms with E-state index in [1.54, 1.807) is 41.8 Å². The van der Waals surface area contributed by atoms with Gasteiger partial charge in [0.15, 0.2) is 0 Å². The second-order valence-electron chi connectivity index (χ2n) is 7.77. The number of primary amides is 1. The van der Waals surface area contributed by atoms with Crippen LogP contribution >= 0.6 is 0 Å². The molecule has 3 aromatic heterocycles. The molecule has 34 heavy (non-hydrogen) atoms. The Balaban J connectivity index is 1.81. The summed E-state index contributed by atoms with van der Waals surface area (Å²) in [5, 5.41) is 18.7. The van der Waals surface area contributed by atoms with E-state index >= 15 is 0 Å². The summed E-state index contributed by atoms with van der Waals surface area (Å²) in [5.41, 5.74) is 8.93. The van der Waals surface area contributed by atoms with Gasteiger partial charge in [0.2, 0.25) is 5.91 Å². The molecular weight excluding hydrogens is 456 g/mol. The van der Waals surface area contributed by atoms with Gasteiger partial charge in [-0.15, -0.1) is 0 Å². The van der Waals surface area contributed by atoms with E-state index in [1.807, 2.05) is 0 Å². The maximum absolute atomic E-state index is 13.3. The summed E-state index contributed by atoms with van der Waals surface area (Å²) in [6, 6.07) is 14.0. The normalized spacial score (nSPS) is 11.4. The van der Waals surface area contributed by atoms with E-state index in [0.717, 1.165) is 3.97 Å². The summed E-state index contributed by atoms with van der Waals surface area (Å²) in [4.78, 5) is 22.7. The number of carbonyl (C=O) groups is 2. The summed E-state index contributed by atoms with van der Waals surface area (Å²) < 4.78 is 29.5. The van der Waals surface area contributed by atoms with Gasteiger partial charge in [-0.1, -0.05) is 0 Å². The molecule has 1 aromatic carbocycles. The summed E-state index contributed by atoms with van der Waals surface area (Å²) in [5.74, 6) is -1.65. The largest absolute Gasteiger partial charge is 0.481 e. The number of rotatable bonds is 7. The fraction of sp³-hybridized carbons (Fsp3) is 0.125. The highest BCUT2D eigenvalue weighted by Gasteiger charge is 2.23. The fourth-order valence-corrected chi connectivity index (χ4v) is 5.40. The Kier molecular flexibility index (Phi) is 5.73. The van der Waals surface area contributed by atoms with Gasteiger partial charge in [0.1, 0.15) is 6.07 Å². The Morgan fingerprint density at radius 1 is 1.12 bits per heavy atom. The van der Waals surface area contributed by atoms with Gasteiger partial charge in [-0.2, -0.15) is 5.26 Å². The quantitative estimate of drug-likeness (QED) is 0.419. The summed E-state index contributed by atoms with van der Waals surface area (Å²) >= 11 is 0. The topological polar surface area (TPSA) is 148 Å². The monoisotopic (exact) mass is 476 g/mol. The third-order valence-corrected chi connectivity index (χ3v) is 7.47. The zero-order valence-corrected chi connectivity index (χ0v) is 18.9. The van der Waals surface area contributed by atoms with E-state index in [0.29, 0.717) is 33.6 Å². The van der Waals surface area contributed by atoms with Crippen LogP contribution in [-0.2, 0) is 27.7 Å². The van der Waals surface area contributed by atoms with Crippen LogP contribution in [-0.4, -0.2) is 33.8 Å². The van der Waals surface area contributed by atoms with Crippen molar-refractivity contribution in [3.63, 3.8) is 0 Å². The van der Waals surface area contributed by atoms with E-state index in [1.165, 1.54) is 30.5 Å². The number of hydrogen-bond donors (Lipinski definition) is 2. The van der Waals surface area contributed by atoms with Gasteiger partial charge in [0, 0.05) is 41.3 Å². The molecule has 0 spiro atoms. The van der Waals surface area contributed by atoms with Crippen molar-refractivity contribution >= 4 is 27.4 Å². The van der Waals surface area contributed by atoms with Crippen molar-refractivity contribution in [2.24, 2.45) is 5.73 Å². The van der Waals surface area contributed by atoms with Gasteiger partial charge in [-0.25, -0.2) is 12.4 Å². The summed E-state index contributed by atoms with van der Waals surface area (Å²) in [7, 11) is -3.97. The Morgan fingerprint density at radius 2 is 1.82 bits per heavy atom. The molecule has 0 saturated carbocycles. The van der Waals surface area contributed by atoms with Crippen LogP contribution in [0.1, 0.15) is 38.4 Å². The lowest BCUT2D eigenvalue weighted by Gasteiger charge is -2.12. The van der Waals surface area contributed by atoms with Crippen molar-refractivity contribution in [2.45, 2.75) is 24.7 Å².